The van der Waals surface area contributed by atoms with Crippen LogP contribution < -0.4 is 10.2 Å². The molecule has 0 aliphatic carbocycles. The Labute approximate surface area is 226 Å². The van der Waals surface area contributed by atoms with Crippen LogP contribution in [0, 0.1) is 0 Å². The Balaban J connectivity index is 1.39. The first kappa shape index (κ1) is 28.6. The van der Waals surface area contributed by atoms with Crippen molar-refractivity contribution >= 4 is 27.1 Å². The second-order valence-electron chi connectivity index (χ2n) is 9.63. The van der Waals surface area contributed by atoms with E-state index in [0.717, 1.165) is 29.8 Å². The lowest BCUT2D eigenvalue weighted by atomic mass is 9.95. The maximum atomic E-state index is 13.0. The van der Waals surface area contributed by atoms with E-state index in [1.54, 1.807) is 50.4 Å². The lowest BCUT2D eigenvalue weighted by molar-refractivity contribution is -0.137. The van der Waals surface area contributed by atoms with Crippen molar-refractivity contribution in [3.8, 4) is 0 Å². The number of methoxy groups -OCH3 is 1. The third-order valence-electron chi connectivity index (χ3n) is 6.99. The summed E-state index contributed by atoms with van der Waals surface area (Å²) < 4.78 is 68.2. The summed E-state index contributed by atoms with van der Waals surface area (Å²) in [4.78, 5) is 15.0. The van der Waals surface area contributed by atoms with E-state index in [-0.39, 0.29) is 34.9 Å². The second-order valence-corrected chi connectivity index (χ2v) is 11.9. The van der Waals surface area contributed by atoms with E-state index in [9.17, 15) is 26.4 Å². The van der Waals surface area contributed by atoms with Crippen LogP contribution in [-0.4, -0.2) is 46.4 Å². The highest BCUT2D eigenvalue weighted by atomic mass is 32.2. The Bertz CT molecular complexity index is 1370. The summed E-state index contributed by atoms with van der Waals surface area (Å²) in [6, 6.07) is 19.1. The molecule has 10 heteroatoms. The fourth-order valence-electron chi connectivity index (χ4n) is 4.88. The van der Waals surface area contributed by atoms with Gasteiger partial charge in [-0.15, -0.1) is 0 Å². The number of rotatable bonds is 9. The van der Waals surface area contributed by atoms with Gasteiger partial charge in [0.2, 0.25) is 5.91 Å². The van der Waals surface area contributed by atoms with Crippen LogP contribution in [0.1, 0.15) is 36.0 Å². The van der Waals surface area contributed by atoms with E-state index in [1.165, 1.54) is 12.1 Å². The molecule has 2 atom stereocenters. The number of amides is 1. The molecule has 1 aliphatic rings. The van der Waals surface area contributed by atoms with Crippen LogP contribution in [0.2, 0.25) is 0 Å². The van der Waals surface area contributed by atoms with Crippen LogP contribution in [0.15, 0.2) is 77.7 Å². The molecule has 0 spiro atoms. The molecule has 39 heavy (non-hydrogen) atoms. The first-order valence-corrected chi connectivity index (χ1v) is 14.3. The van der Waals surface area contributed by atoms with Crippen molar-refractivity contribution in [3.05, 3.63) is 89.5 Å². The molecule has 0 saturated carbocycles. The predicted molar refractivity (Wildman–Crippen MR) is 145 cm³/mol. The molecule has 6 nitrogen and oxygen atoms in total. The van der Waals surface area contributed by atoms with E-state index in [2.05, 4.69) is 10.2 Å². The standard InChI is InChI=1S/C29H31F3N2O4S/c1-3-39(36,37)27-14-4-20(5-15-27)16-28(35)33-24-10-12-25(13-11-24)34-18-22(17-26(34)19-38-2)21-6-8-23(9-7-21)29(30,31)32/h4-15,22,26H,3,16-19H2,1-2H3,(H,33,35)/t22?,26-/m1/s1. The van der Waals surface area contributed by atoms with Gasteiger partial charge in [0, 0.05) is 30.9 Å². The molecule has 0 radical (unpaired) electrons. The maximum Gasteiger partial charge on any atom is 0.416 e. The van der Waals surface area contributed by atoms with Gasteiger partial charge in [0.25, 0.3) is 0 Å². The quantitative estimate of drug-likeness (QED) is 0.364. The van der Waals surface area contributed by atoms with E-state index < -0.39 is 21.6 Å². The van der Waals surface area contributed by atoms with Crippen molar-refractivity contribution in [3.63, 3.8) is 0 Å². The van der Waals surface area contributed by atoms with Gasteiger partial charge in [-0.25, -0.2) is 8.42 Å². The van der Waals surface area contributed by atoms with Gasteiger partial charge in [-0.3, -0.25) is 4.79 Å². The lowest BCUT2D eigenvalue weighted by Crippen LogP contribution is -2.32. The average Bonchev–Trinajstić information content (AvgIpc) is 3.33. The number of alkyl halides is 3. The molecule has 1 unspecified atom stereocenters. The van der Waals surface area contributed by atoms with Crippen LogP contribution in [0.4, 0.5) is 24.5 Å². The molecule has 1 heterocycles. The minimum atomic E-state index is -4.36. The lowest BCUT2D eigenvalue weighted by Gasteiger charge is -2.26. The van der Waals surface area contributed by atoms with Gasteiger partial charge < -0.3 is 15.0 Å². The Morgan fingerprint density at radius 1 is 1.00 bits per heavy atom. The molecule has 208 valence electrons. The SMILES string of the molecule is CCS(=O)(=O)c1ccc(CC(=O)Nc2ccc(N3CC(c4ccc(C(F)(F)F)cc4)C[C@@H]3COC)cc2)cc1. The molecule has 1 fully saturated rings. The van der Waals surface area contributed by atoms with Gasteiger partial charge in [0.05, 0.1) is 35.3 Å². The van der Waals surface area contributed by atoms with Crippen molar-refractivity contribution in [2.45, 2.75) is 42.8 Å². The summed E-state index contributed by atoms with van der Waals surface area (Å²) >= 11 is 0. The zero-order valence-electron chi connectivity index (χ0n) is 21.7. The van der Waals surface area contributed by atoms with Gasteiger partial charge in [0.15, 0.2) is 9.84 Å². The maximum absolute atomic E-state index is 13.0. The third-order valence-corrected chi connectivity index (χ3v) is 8.74. The van der Waals surface area contributed by atoms with Crippen molar-refractivity contribution in [2.24, 2.45) is 0 Å². The molecular weight excluding hydrogens is 529 g/mol. The van der Waals surface area contributed by atoms with Gasteiger partial charge in [-0.2, -0.15) is 13.2 Å². The average molecular weight is 561 g/mol. The summed E-state index contributed by atoms with van der Waals surface area (Å²) in [5.41, 5.74) is 2.45. The number of nitrogens with zero attached hydrogens (tertiary/aromatic N) is 1. The molecule has 0 bridgehead atoms. The molecule has 1 N–H and O–H groups in total. The summed E-state index contributed by atoms with van der Waals surface area (Å²) in [5.74, 6) is -0.150. The van der Waals surface area contributed by atoms with Gasteiger partial charge in [-0.1, -0.05) is 31.2 Å². The fraction of sp³-hybridized carbons (Fsp3) is 0.345. The largest absolute Gasteiger partial charge is 0.416 e. The highest BCUT2D eigenvalue weighted by molar-refractivity contribution is 7.91. The summed E-state index contributed by atoms with van der Waals surface area (Å²) in [6.07, 6.45) is -3.51. The van der Waals surface area contributed by atoms with E-state index in [0.29, 0.717) is 24.4 Å². The molecule has 1 aliphatic heterocycles. The molecule has 1 saturated heterocycles. The minimum absolute atomic E-state index is 0.0161. The number of nitrogens with one attached hydrogen (secondary N) is 1. The van der Waals surface area contributed by atoms with Crippen molar-refractivity contribution in [1.82, 2.24) is 0 Å². The third kappa shape index (κ3) is 6.99. The van der Waals surface area contributed by atoms with Gasteiger partial charge in [0.1, 0.15) is 0 Å². The van der Waals surface area contributed by atoms with E-state index in [4.69, 9.17) is 4.74 Å². The first-order chi connectivity index (χ1) is 18.5. The second kappa shape index (κ2) is 11.8. The Kier molecular flexibility index (Phi) is 8.66. The number of carbonyl (C=O) groups excluding carboxylic acids is 1. The van der Waals surface area contributed by atoms with E-state index in [1.807, 2.05) is 12.1 Å². The number of hydrogen-bond donors (Lipinski definition) is 1. The zero-order valence-corrected chi connectivity index (χ0v) is 22.6. The zero-order chi connectivity index (χ0) is 28.2. The van der Waals surface area contributed by atoms with Crippen molar-refractivity contribution < 1.29 is 31.1 Å². The van der Waals surface area contributed by atoms with Gasteiger partial charge in [-0.05, 0) is 66.1 Å². The Morgan fingerprint density at radius 3 is 2.21 bits per heavy atom. The van der Waals surface area contributed by atoms with Crippen LogP contribution in [0.5, 0.6) is 0 Å². The molecule has 3 aromatic rings. The summed E-state index contributed by atoms with van der Waals surface area (Å²) in [7, 11) is -1.67. The number of benzene rings is 3. The van der Waals surface area contributed by atoms with E-state index >= 15 is 0 Å². The number of halogens is 3. The Hall–Kier alpha value is -3.37. The fourth-order valence-corrected chi connectivity index (χ4v) is 5.76. The highest BCUT2D eigenvalue weighted by Crippen LogP contribution is 2.37. The molecule has 1 amide bonds. The topological polar surface area (TPSA) is 75.7 Å². The normalized spacial score (nSPS) is 17.8. The summed E-state index contributed by atoms with van der Waals surface area (Å²) in [5, 5.41) is 2.86. The van der Waals surface area contributed by atoms with Crippen LogP contribution in [-0.2, 0) is 32.0 Å². The number of hydrogen-bond acceptors (Lipinski definition) is 5. The van der Waals surface area contributed by atoms with Crippen molar-refractivity contribution in [1.29, 1.82) is 0 Å². The predicted octanol–water partition coefficient (Wildman–Crippen LogP) is 5.69. The molecular formula is C29H31F3N2O4S. The van der Waals surface area contributed by atoms with Gasteiger partial charge >= 0.3 is 6.18 Å². The molecule has 0 aromatic heterocycles. The van der Waals surface area contributed by atoms with Crippen LogP contribution in [0.25, 0.3) is 0 Å². The minimum Gasteiger partial charge on any atom is -0.383 e. The summed E-state index contributed by atoms with van der Waals surface area (Å²) in [6.45, 7) is 2.70. The first-order valence-electron chi connectivity index (χ1n) is 12.6. The number of sulfone groups is 1. The van der Waals surface area contributed by atoms with Crippen LogP contribution >= 0.6 is 0 Å². The number of anilines is 2. The van der Waals surface area contributed by atoms with Crippen molar-refractivity contribution in [2.75, 3.05) is 36.2 Å². The Morgan fingerprint density at radius 2 is 1.64 bits per heavy atom. The monoisotopic (exact) mass is 560 g/mol. The smallest absolute Gasteiger partial charge is 0.383 e. The number of ether oxygens (including phenoxy) is 1. The molecule has 4 rings (SSSR count). The number of carbonyl (C=O) groups is 1. The molecule has 3 aromatic carbocycles. The van der Waals surface area contributed by atoms with Crippen LogP contribution in [0.3, 0.4) is 0 Å². The highest BCUT2D eigenvalue weighted by Gasteiger charge is 2.34.